The highest BCUT2D eigenvalue weighted by atomic mass is 16.5. The summed E-state index contributed by atoms with van der Waals surface area (Å²) in [4.78, 5) is 10.7. The average molecular weight is 395 g/mol. The quantitative estimate of drug-likeness (QED) is 0.405. The van der Waals surface area contributed by atoms with Crippen LogP contribution in [0.1, 0.15) is 83.5 Å². The van der Waals surface area contributed by atoms with Gasteiger partial charge in [0.05, 0.1) is 17.8 Å². The number of aliphatic carboxylic acids is 1. The van der Waals surface area contributed by atoms with Crippen LogP contribution in [0.3, 0.4) is 0 Å². The minimum Gasteiger partial charge on any atom is -0.481 e. The van der Waals surface area contributed by atoms with Crippen molar-refractivity contribution in [3.63, 3.8) is 0 Å². The zero-order chi connectivity index (χ0) is 20.1. The third kappa shape index (κ3) is 4.63. The molecule has 0 radical (unpaired) electrons. The molecule has 3 N–H and O–H groups in total. The number of carboxylic acid groups (broad SMARTS) is 1. The van der Waals surface area contributed by atoms with Gasteiger partial charge in [0.2, 0.25) is 0 Å². The maximum absolute atomic E-state index is 10.7. The first-order valence-corrected chi connectivity index (χ1v) is 11.3. The topological polar surface area (TPSA) is 87.0 Å². The Morgan fingerprint density at radius 1 is 1.29 bits per heavy atom. The van der Waals surface area contributed by atoms with E-state index >= 15 is 0 Å². The van der Waals surface area contributed by atoms with E-state index < -0.39 is 5.97 Å². The van der Waals surface area contributed by atoms with Gasteiger partial charge < -0.3 is 20.1 Å². The fraction of sp³-hybridized carbons (Fsp3) is 0.870. The number of ether oxygens (including phenoxy) is 1. The number of hydrogen-bond donors (Lipinski definition) is 3. The first kappa shape index (κ1) is 21.8. The number of carboxylic acids is 1. The predicted molar refractivity (Wildman–Crippen MR) is 108 cm³/mol. The van der Waals surface area contributed by atoms with Crippen LogP contribution < -0.4 is 0 Å². The molecule has 5 nitrogen and oxygen atoms in total. The van der Waals surface area contributed by atoms with Crippen LogP contribution in [0.25, 0.3) is 0 Å². The third-order valence-electron chi connectivity index (χ3n) is 7.74. The lowest BCUT2D eigenvalue weighted by Gasteiger charge is -2.58. The zero-order valence-electron chi connectivity index (χ0n) is 17.3. The van der Waals surface area contributed by atoms with E-state index in [-0.39, 0.29) is 30.1 Å². The molecule has 0 heterocycles. The second-order valence-electron chi connectivity index (χ2n) is 9.23. The van der Waals surface area contributed by atoms with Crippen molar-refractivity contribution in [3.05, 3.63) is 11.6 Å². The standard InChI is InChI=1S/C23H38O5/c1-28-23-14-13-21(25)18(11-12-20(24)16-7-3-2-4-8-16)19(23)15-17(23)9-5-6-10-22(26)27/h9,16,18-21,24-25H,2-8,10-15H2,1H3,(H,26,27)/t18-,19-,20?,21-,23+/m1/s1. The Bertz CT molecular complexity index is 553. The maximum atomic E-state index is 10.7. The van der Waals surface area contributed by atoms with Crippen LogP contribution in [0.2, 0.25) is 0 Å². The molecular formula is C23H38O5. The highest BCUT2D eigenvalue weighted by Gasteiger charge is 2.58. The lowest BCUT2D eigenvalue weighted by molar-refractivity contribution is -0.155. The zero-order valence-corrected chi connectivity index (χ0v) is 17.3. The van der Waals surface area contributed by atoms with Gasteiger partial charge in [0.15, 0.2) is 0 Å². The number of aliphatic hydroxyl groups is 2. The van der Waals surface area contributed by atoms with Gasteiger partial charge in [-0.25, -0.2) is 0 Å². The largest absolute Gasteiger partial charge is 0.481 e. The molecule has 0 aromatic rings. The molecule has 0 aliphatic heterocycles. The minimum atomic E-state index is -0.747. The van der Waals surface area contributed by atoms with E-state index in [4.69, 9.17) is 9.84 Å². The van der Waals surface area contributed by atoms with Gasteiger partial charge in [-0.05, 0) is 75.2 Å². The Labute approximate surface area is 169 Å². The number of allylic oxidation sites excluding steroid dienone is 1. The number of rotatable bonds is 9. The summed E-state index contributed by atoms with van der Waals surface area (Å²) in [5, 5.41) is 30.1. The monoisotopic (exact) mass is 394 g/mol. The third-order valence-corrected chi connectivity index (χ3v) is 7.74. The number of hydrogen-bond acceptors (Lipinski definition) is 4. The molecule has 3 aliphatic rings. The molecular weight excluding hydrogens is 356 g/mol. The van der Waals surface area contributed by atoms with Crippen LogP contribution in [-0.2, 0) is 9.53 Å². The summed E-state index contributed by atoms with van der Waals surface area (Å²) >= 11 is 0. The molecule has 3 rings (SSSR count). The Balaban J connectivity index is 1.57. The van der Waals surface area contributed by atoms with Crippen LogP contribution in [0.15, 0.2) is 11.6 Å². The molecule has 3 fully saturated rings. The summed E-state index contributed by atoms with van der Waals surface area (Å²) in [5.41, 5.74) is 1.01. The number of methoxy groups -OCH3 is 1. The first-order valence-electron chi connectivity index (χ1n) is 11.3. The van der Waals surface area contributed by atoms with Crippen molar-refractivity contribution in [3.8, 4) is 0 Å². The Hall–Kier alpha value is -0.910. The van der Waals surface area contributed by atoms with E-state index in [9.17, 15) is 15.0 Å². The van der Waals surface area contributed by atoms with Gasteiger partial charge in [0, 0.05) is 19.4 Å². The Morgan fingerprint density at radius 2 is 2.04 bits per heavy atom. The van der Waals surface area contributed by atoms with Gasteiger partial charge in [-0.3, -0.25) is 4.79 Å². The second-order valence-corrected chi connectivity index (χ2v) is 9.23. The van der Waals surface area contributed by atoms with E-state index in [1.54, 1.807) is 7.11 Å². The molecule has 160 valence electrons. The lowest BCUT2D eigenvalue weighted by Crippen LogP contribution is -2.59. The van der Waals surface area contributed by atoms with Crippen molar-refractivity contribution in [2.24, 2.45) is 17.8 Å². The molecule has 0 saturated heterocycles. The fourth-order valence-electron chi connectivity index (χ4n) is 6.05. The number of aliphatic hydroxyl groups excluding tert-OH is 2. The second kappa shape index (κ2) is 9.73. The lowest BCUT2D eigenvalue weighted by atomic mass is 9.52. The molecule has 3 aliphatic carbocycles. The predicted octanol–water partition coefficient (Wildman–Crippen LogP) is 4.07. The molecule has 1 unspecified atom stereocenters. The van der Waals surface area contributed by atoms with Crippen molar-refractivity contribution >= 4 is 5.97 Å². The van der Waals surface area contributed by atoms with Crippen molar-refractivity contribution < 1.29 is 24.9 Å². The fourth-order valence-corrected chi connectivity index (χ4v) is 6.05. The summed E-state index contributed by atoms with van der Waals surface area (Å²) in [5.74, 6) is 0.185. The molecule has 0 amide bonds. The van der Waals surface area contributed by atoms with Gasteiger partial charge in [-0.2, -0.15) is 0 Å². The number of fused-ring (bicyclic) bond motifs is 1. The molecule has 0 bridgehead atoms. The number of unbranched alkanes of at least 4 members (excludes halogenated alkanes) is 1. The van der Waals surface area contributed by atoms with Crippen LogP contribution >= 0.6 is 0 Å². The Kier molecular flexibility index (Phi) is 7.57. The Morgan fingerprint density at radius 3 is 2.71 bits per heavy atom. The summed E-state index contributed by atoms with van der Waals surface area (Å²) in [6, 6.07) is 0. The van der Waals surface area contributed by atoms with Crippen molar-refractivity contribution in [1.82, 2.24) is 0 Å². The van der Waals surface area contributed by atoms with Crippen LogP contribution in [0.5, 0.6) is 0 Å². The molecule has 5 atom stereocenters. The van der Waals surface area contributed by atoms with Crippen molar-refractivity contribution in [2.45, 2.75) is 101 Å². The van der Waals surface area contributed by atoms with Gasteiger partial charge >= 0.3 is 5.97 Å². The molecule has 0 aromatic carbocycles. The van der Waals surface area contributed by atoms with E-state index in [1.165, 1.54) is 24.8 Å². The summed E-state index contributed by atoms with van der Waals surface area (Å²) in [7, 11) is 1.77. The van der Waals surface area contributed by atoms with Crippen LogP contribution in [0.4, 0.5) is 0 Å². The minimum absolute atomic E-state index is 0.183. The highest BCUT2D eigenvalue weighted by Crippen LogP contribution is 2.58. The normalized spacial score (nSPS) is 36.0. The van der Waals surface area contributed by atoms with Gasteiger partial charge in [0.1, 0.15) is 0 Å². The smallest absolute Gasteiger partial charge is 0.303 e. The van der Waals surface area contributed by atoms with Crippen LogP contribution in [-0.4, -0.2) is 46.2 Å². The van der Waals surface area contributed by atoms with E-state index in [0.717, 1.165) is 51.4 Å². The van der Waals surface area contributed by atoms with E-state index in [2.05, 4.69) is 6.08 Å². The van der Waals surface area contributed by atoms with E-state index in [0.29, 0.717) is 18.3 Å². The summed E-state index contributed by atoms with van der Waals surface area (Å²) in [6.45, 7) is 0. The number of carbonyl (C=O) groups is 1. The van der Waals surface area contributed by atoms with Gasteiger partial charge in [-0.1, -0.05) is 25.3 Å². The maximum Gasteiger partial charge on any atom is 0.303 e. The summed E-state index contributed by atoms with van der Waals surface area (Å²) < 4.78 is 6.01. The van der Waals surface area contributed by atoms with Gasteiger partial charge in [-0.15, -0.1) is 0 Å². The molecule has 5 heteroatoms. The SMILES string of the molecule is CO[C@]12CC[C@@H](O)[C@H](CCC(O)C3CCCCC3)[C@H]1CC2=CCCCC(=O)O. The average Bonchev–Trinajstić information content (AvgIpc) is 2.68. The molecule has 0 aromatic heterocycles. The van der Waals surface area contributed by atoms with Crippen LogP contribution in [0, 0.1) is 17.8 Å². The molecule has 3 saturated carbocycles. The van der Waals surface area contributed by atoms with Gasteiger partial charge in [0.25, 0.3) is 0 Å². The van der Waals surface area contributed by atoms with Crippen molar-refractivity contribution in [2.75, 3.05) is 7.11 Å². The first-order chi connectivity index (χ1) is 13.5. The van der Waals surface area contributed by atoms with E-state index in [1.807, 2.05) is 0 Å². The molecule has 0 spiro atoms. The van der Waals surface area contributed by atoms with Crippen molar-refractivity contribution in [1.29, 1.82) is 0 Å². The molecule has 28 heavy (non-hydrogen) atoms. The highest BCUT2D eigenvalue weighted by molar-refractivity contribution is 5.66. The summed E-state index contributed by atoms with van der Waals surface area (Å²) in [6.07, 6.45) is 13.5.